The van der Waals surface area contributed by atoms with Crippen molar-refractivity contribution in [2.45, 2.75) is 0 Å². The van der Waals surface area contributed by atoms with E-state index in [1.165, 1.54) is 54.9 Å². The van der Waals surface area contributed by atoms with E-state index in [1.807, 2.05) is 6.07 Å². The minimum atomic E-state index is 0.876. The zero-order chi connectivity index (χ0) is 42.4. The second-order valence-electron chi connectivity index (χ2n) is 16.3. The molecule has 0 aliphatic carbocycles. The van der Waals surface area contributed by atoms with E-state index in [0.29, 0.717) is 0 Å². The molecule has 300 valence electrons. The van der Waals surface area contributed by atoms with Crippen molar-refractivity contribution in [3.8, 4) is 55.6 Å². The van der Waals surface area contributed by atoms with Gasteiger partial charge in [-0.25, -0.2) is 0 Å². The molecule has 0 N–H and O–H groups in total. The number of furan rings is 1. The van der Waals surface area contributed by atoms with Gasteiger partial charge in [-0.1, -0.05) is 224 Å². The van der Waals surface area contributed by atoms with Gasteiger partial charge in [-0.05, 0) is 79.2 Å². The summed E-state index contributed by atoms with van der Waals surface area (Å²) in [5.74, 6) is 0. The average Bonchev–Trinajstić information content (AvgIpc) is 3.76. The van der Waals surface area contributed by atoms with E-state index in [4.69, 9.17) is 4.42 Å². The fourth-order valence-electron chi connectivity index (χ4n) is 9.89. The molecule has 0 saturated carbocycles. The smallest absolute Gasteiger partial charge is 0.143 e. The van der Waals surface area contributed by atoms with Crippen molar-refractivity contribution in [1.29, 1.82) is 0 Å². The summed E-state index contributed by atoms with van der Waals surface area (Å²) in [7, 11) is 0. The minimum absolute atomic E-state index is 0.876. The minimum Gasteiger partial charge on any atom is -0.455 e. The maximum Gasteiger partial charge on any atom is 0.143 e. The standard InChI is InChI=1S/C62H41NO/c1-3-20-42(21-4-1)46-32-15-24-44-26-17-34-52(60(44)46)48-28-7-11-38-56(48)63(58-40-13-9-30-50(58)54-36-19-37-55-51-31-10-14-41-59(51)64-62(54)55)57-39-12-8-29-49(57)53-35-18-27-45-25-16-33-47(61(45)53)43-22-5-2-6-23-43/h1-41H. The zero-order valence-electron chi connectivity index (χ0n) is 35.0. The van der Waals surface area contributed by atoms with Gasteiger partial charge in [0, 0.05) is 33.0 Å². The maximum absolute atomic E-state index is 6.76. The largest absolute Gasteiger partial charge is 0.455 e. The SMILES string of the molecule is c1ccc(-c2cccc3cccc(-c4ccccc4N(c4ccccc4-c4cccc5c4oc4ccccc45)c4ccccc4-c4cccc5cccc(-c6ccccc6)c45)c23)cc1. The first-order valence-corrected chi connectivity index (χ1v) is 21.9. The third-order valence-corrected chi connectivity index (χ3v) is 12.7. The van der Waals surface area contributed by atoms with E-state index >= 15 is 0 Å². The summed E-state index contributed by atoms with van der Waals surface area (Å²) in [6.45, 7) is 0. The molecule has 0 amide bonds. The van der Waals surface area contributed by atoms with Gasteiger partial charge in [0.25, 0.3) is 0 Å². The van der Waals surface area contributed by atoms with E-state index in [1.54, 1.807) is 0 Å². The summed E-state index contributed by atoms with van der Waals surface area (Å²) in [4.78, 5) is 2.50. The molecule has 64 heavy (non-hydrogen) atoms. The Hall–Kier alpha value is -8.46. The van der Waals surface area contributed by atoms with Gasteiger partial charge in [0.05, 0.1) is 17.1 Å². The highest BCUT2D eigenvalue weighted by Gasteiger charge is 2.26. The lowest BCUT2D eigenvalue weighted by atomic mass is 9.89. The Labute approximate surface area is 372 Å². The molecule has 12 aromatic rings. The van der Waals surface area contributed by atoms with Crippen LogP contribution in [0.25, 0.3) is 99.1 Å². The Morgan fingerprint density at radius 3 is 1.12 bits per heavy atom. The first-order chi connectivity index (χ1) is 31.8. The summed E-state index contributed by atoms with van der Waals surface area (Å²) in [5, 5.41) is 7.05. The van der Waals surface area contributed by atoms with E-state index < -0.39 is 0 Å². The van der Waals surface area contributed by atoms with E-state index in [2.05, 4.69) is 248 Å². The van der Waals surface area contributed by atoms with Crippen molar-refractivity contribution in [3.05, 3.63) is 249 Å². The number of hydrogen-bond acceptors (Lipinski definition) is 2. The van der Waals surface area contributed by atoms with Crippen molar-refractivity contribution >= 4 is 60.5 Å². The van der Waals surface area contributed by atoms with E-state index in [9.17, 15) is 0 Å². The van der Waals surface area contributed by atoms with Gasteiger partial charge in [-0.15, -0.1) is 0 Å². The molecule has 2 nitrogen and oxygen atoms in total. The second-order valence-corrected chi connectivity index (χ2v) is 16.3. The van der Waals surface area contributed by atoms with Crippen LogP contribution in [0.2, 0.25) is 0 Å². The molecular formula is C62H41NO. The van der Waals surface area contributed by atoms with Crippen LogP contribution in [-0.4, -0.2) is 0 Å². The molecule has 12 rings (SSSR count). The van der Waals surface area contributed by atoms with E-state index in [-0.39, 0.29) is 0 Å². The molecule has 1 heterocycles. The zero-order valence-corrected chi connectivity index (χ0v) is 35.0. The van der Waals surface area contributed by atoms with Crippen LogP contribution in [0.5, 0.6) is 0 Å². The van der Waals surface area contributed by atoms with Gasteiger partial charge in [-0.2, -0.15) is 0 Å². The number of fused-ring (bicyclic) bond motifs is 5. The molecule has 0 bridgehead atoms. The third kappa shape index (κ3) is 6.27. The van der Waals surface area contributed by atoms with Crippen LogP contribution in [0.3, 0.4) is 0 Å². The molecule has 0 atom stereocenters. The molecule has 11 aromatic carbocycles. The van der Waals surface area contributed by atoms with Crippen LogP contribution >= 0.6 is 0 Å². The Balaban J connectivity index is 1.17. The first kappa shape index (κ1) is 37.3. The lowest BCUT2D eigenvalue weighted by Gasteiger charge is -2.32. The molecule has 0 aliphatic rings. The number of hydrogen-bond donors (Lipinski definition) is 0. The van der Waals surface area contributed by atoms with Gasteiger partial charge < -0.3 is 9.32 Å². The third-order valence-electron chi connectivity index (χ3n) is 12.7. The highest BCUT2D eigenvalue weighted by atomic mass is 16.3. The van der Waals surface area contributed by atoms with Crippen LogP contribution in [-0.2, 0) is 0 Å². The van der Waals surface area contributed by atoms with E-state index in [0.717, 1.165) is 61.3 Å². The fraction of sp³-hybridized carbons (Fsp3) is 0. The predicted octanol–water partition coefficient (Wildman–Crippen LogP) is 17.7. The number of rotatable bonds is 8. The molecule has 0 radical (unpaired) electrons. The summed E-state index contributed by atoms with van der Waals surface area (Å²) >= 11 is 0. The average molecular weight is 816 g/mol. The van der Waals surface area contributed by atoms with Crippen LogP contribution < -0.4 is 4.90 Å². The van der Waals surface area contributed by atoms with Gasteiger partial charge in [-0.3, -0.25) is 0 Å². The van der Waals surface area contributed by atoms with Gasteiger partial charge in [0.2, 0.25) is 0 Å². The monoisotopic (exact) mass is 815 g/mol. The van der Waals surface area contributed by atoms with Gasteiger partial charge >= 0.3 is 0 Å². The van der Waals surface area contributed by atoms with Crippen molar-refractivity contribution < 1.29 is 4.42 Å². The van der Waals surface area contributed by atoms with Crippen molar-refractivity contribution in [3.63, 3.8) is 0 Å². The summed E-state index contributed by atoms with van der Waals surface area (Å²) in [5.41, 5.74) is 16.4. The molecule has 0 unspecified atom stereocenters. The summed E-state index contributed by atoms with van der Waals surface area (Å²) < 4.78 is 6.76. The lowest BCUT2D eigenvalue weighted by molar-refractivity contribution is 0.670. The normalized spacial score (nSPS) is 11.4. The fourth-order valence-corrected chi connectivity index (χ4v) is 9.89. The lowest BCUT2D eigenvalue weighted by Crippen LogP contribution is -2.13. The maximum atomic E-state index is 6.76. The molecule has 1 aromatic heterocycles. The number of nitrogens with zero attached hydrogens (tertiary/aromatic N) is 1. The quantitative estimate of drug-likeness (QED) is 0.152. The molecule has 0 fully saturated rings. The second kappa shape index (κ2) is 15.8. The first-order valence-electron chi connectivity index (χ1n) is 21.9. The van der Waals surface area contributed by atoms with Gasteiger partial charge in [0.1, 0.15) is 11.2 Å². The van der Waals surface area contributed by atoms with Crippen LogP contribution in [0.4, 0.5) is 17.1 Å². The predicted molar refractivity (Wildman–Crippen MR) is 271 cm³/mol. The number of para-hydroxylation sites is 5. The Bertz CT molecular complexity index is 3500. The summed E-state index contributed by atoms with van der Waals surface area (Å²) in [6, 6.07) is 89.8. The van der Waals surface area contributed by atoms with Crippen molar-refractivity contribution in [1.82, 2.24) is 0 Å². The Morgan fingerprint density at radius 1 is 0.250 bits per heavy atom. The van der Waals surface area contributed by atoms with Crippen molar-refractivity contribution in [2.24, 2.45) is 0 Å². The Kier molecular flexibility index (Phi) is 9.20. The van der Waals surface area contributed by atoms with Crippen LogP contribution in [0, 0.1) is 0 Å². The van der Waals surface area contributed by atoms with Crippen molar-refractivity contribution in [2.75, 3.05) is 4.90 Å². The Morgan fingerprint density at radius 2 is 0.609 bits per heavy atom. The molecule has 0 saturated heterocycles. The number of anilines is 3. The molecule has 0 aliphatic heterocycles. The number of benzene rings is 11. The molecule has 0 spiro atoms. The molecular weight excluding hydrogens is 775 g/mol. The summed E-state index contributed by atoms with van der Waals surface area (Å²) in [6.07, 6.45) is 0. The van der Waals surface area contributed by atoms with Crippen LogP contribution in [0.1, 0.15) is 0 Å². The topological polar surface area (TPSA) is 16.4 Å². The highest BCUT2D eigenvalue weighted by molar-refractivity contribution is 6.14. The highest BCUT2D eigenvalue weighted by Crippen LogP contribution is 2.51. The van der Waals surface area contributed by atoms with Crippen LogP contribution in [0.15, 0.2) is 253 Å². The van der Waals surface area contributed by atoms with Gasteiger partial charge in [0.15, 0.2) is 0 Å². The molecule has 2 heteroatoms.